The number of rotatable bonds is 4. The third kappa shape index (κ3) is 2.87. The monoisotopic (exact) mass is 365 g/mol. The second-order valence-corrected chi connectivity index (χ2v) is 7.25. The second kappa shape index (κ2) is 6.87. The van der Waals surface area contributed by atoms with Gasteiger partial charge in [-0.15, -0.1) is 4.91 Å². The molecule has 0 fully saturated rings. The van der Waals surface area contributed by atoms with E-state index in [1.807, 2.05) is 18.2 Å². The predicted octanol–water partition coefficient (Wildman–Crippen LogP) is 5.38. The van der Waals surface area contributed by atoms with Crippen LogP contribution < -0.4 is 0 Å². The maximum atomic E-state index is 11.0. The topological polar surface area (TPSA) is 98.7 Å². The van der Waals surface area contributed by atoms with Gasteiger partial charge in [0.1, 0.15) is 0 Å². The van der Waals surface area contributed by atoms with E-state index < -0.39 is 5.84 Å². The van der Waals surface area contributed by atoms with Gasteiger partial charge < -0.3 is 10.2 Å². The van der Waals surface area contributed by atoms with Crippen molar-refractivity contribution < 1.29 is 10.2 Å². The fourth-order valence-electron chi connectivity index (χ4n) is 3.54. The van der Waals surface area contributed by atoms with E-state index in [0.717, 1.165) is 16.8 Å². The van der Waals surface area contributed by atoms with Gasteiger partial charge in [0.25, 0.3) is 0 Å². The van der Waals surface area contributed by atoms with Crippen molar-refractivity contribution in [2.45, 2.75) is 39.5 Å². The van der Waals surface area contributed by atoms with Crippen LogP contribution in [0.2, 0.25) is 0 Å². The van der Waals surface area contributed by atoms with E-state index >= 15 is 0 Å². The number of aromatic hydroxyl groups is 2. The van der Waals surface area contributed by atoms with Gasteiger partial charge in [-0.05, 0) is 34.2 Å². The molecule has 140 valence electrons. The van der Waals surface area contributed by atoms with Crippen molar-refractivity contribution in [1.82, 2.24) is 4.57 Å². The highest BCUT2D eigenvalue weighted by Crippen LogP contribution is 2.44. The van der Waals surface area contributed by atoms with Crippen LogP contribution in [0.25, 0.3) is 16.5 Å². The molecule has 0 atom stereocenters. The number of fused-ring (bicyclic) bond motifs is 1. The minimum absolute atomic E-state index is 0.127. The van der Waals surface area contributed by atoms with Crippen LogP contribution in [0.1, 0.15) is 56.2 Å². The van der Waals surface area contributed by atoms with Crippen LogP contribution in [-0.4, -0.2) is 20.6 Å². The number of para-hydroxylation sites is 1. The molecule has 0 saturated carbocycles. The first-order chi connectivity index (χ1) is 12.8. The number of hydrogen-bond donors (Lipinski definition) is 3. The maximum Gasteiger partial charge on any atom is 0.207 e. The number of amidine groups is 1. The van der Waals surface area contributed by atoms with Crippen LogP contribution >= 0.6 is 0 Å². The van der Waals surface area contributed by atoms with E-state index in [9.17, 15) is 15.1 Å². The summed E-state index contributed by atoms with van der Waals surface area (Å²) in [5.41, 5.74) is 2.88. The summed E-state index contributed by atoms with van der Waals surface area (Å²) in [6.07, 6.45) is 0. The van der Waals surface area contributed by atoms with E-state index in [4.69, 9.17) is 5.41 Å². The Labute approximate surface area is 157 Å². The quantitative estimate of drug-likeness (QED) is 0.329. The fourth-order valence-corrected chi connectivity index (χ4v) is 3.54. The Balaban J connectivity index is 2.48. The first-order valence-corrected chi connectivity index (χ1v) is 8.90. The molecule has 6 heteroatoms. The summed E-state index contributed by atoms with van der Waals surface area (Å²) in [5.74, 6) is -0.497. The van der Waals surface area contributed by atoms with Crippen molar-refractivity contribution in [3.63, 3.8) is 0 Å². The molecule has 0 spiro atoms. The van der Waals surface area contributed by atoms with Crippen molar-refractivity contribution in [3.8, 4) is 17.4 Å². The van der Waals surface area contributed by atoms with Gasteiger partial charge in [0.05, 0.1) is 11.1 Å². The van der Waals surface area contributed by atoms with Gasteiger partial charge in [0.2, 0.25) is 11.8 Å². The lowest BCUT2D eigenvalue weighted by molar-refractivity contribution is 0.405. The zero-order valence-electron chi connectivity index (χ0n) is 15.8. The van der Waals surface area contributed by atoms with E-state index in [1.54, 1.807) is 12.1 Å². The minimum Gasteiger partial charge on any atom is -0.494 e. The highest BCUT2D eigenvalue weighted by atomic mass is 16.3. The Morgan fingerprint density at radius 3 is 2.04 bits per heavy atom. The van der Waals surface area contributed by atoms with Crippen molar-refractivity contribution in [3.05, 3.63) is 58.0 Å². The van der Waals surface area contributed by atoms with E-state index in [0.29, 0.717) is 5.39 Å². The van der Waals surface area contributed by atoms with Gasteiger partial charge in [0.15, 0.2) is 5.84 Å². The van der Waals surface area contributed by atoms with Crippen LogP contribution in [-0.2, 0) is 0 Å². The number of benzene rings is 2. The number of hydrogen-bond acceptors (Lipinski definition) is 4. The summed E-state index contributed by atoms with van der Waals surface area (Å²) in [7, 11) is 0. The average Bonchev–Trinajstić information content (AvgIpc) is 2.90. The lowest BCUT2D eigenvalue weighted by Crippen LogP contribution is -2.06. The molecule has 0 aliphatic carbocycles. The average molecular weight is 365 g/mol. The van der Waals surface area contributed by atoms with E-state index in [2.05, 4.69) is 32.9 Å². The summed E-state index contributed by atoms with van der Waals surface area (Å²) in [6, 6.07) is 10.7. The Hall–Kier alpha value is -3.15. The zero-order valence-corrected chi connectivity index (χ0v) is 15.8. The lowest BCUT2D eigenvalue weighted by atomic mass is 9.92. The normalized spacial score (nSPS) is 11.5. The molecule has 0 unspecified atom stereocenters. The van der Waals surface area contributed by atoms with Crippen LogP contribution in [0.4, 0.5) is 0 Å². The molecule has 0 aliphatic rings. The Bertz CT molecular complexity index is 1020. The molecule has 0 bridgehead atoms. The van der Waals surface area contributed by atoms with E-state index in [1.165, 1.54) is 10.6 Å². The molecule has 27 heavy (non-hydrogen) atoms. The molecule has 0 aliphatic heterocycles. The van der Waals surface area contributed by atoms with Gasteiger partial charge >= 0.3 is 0 Å². The molecule has 0 saturated heterocycles. The third-order valence-electron chi connectivity index (χ3n) is 4.87. The number of nitroso groups, excluding NO2 is 1. The molecular formula is C21H23N3O3. The zero-order chi connectivity index (χ0) is 19.9. The molecular weight excluding hydrogens is 342 g/mol. The molecule has 3 N–H and O–H groups in total. The second-order valence-electron chi connectivity index (χ2n) is 7.25. The van der Waals surface area contributed by atoms with Crippen molar-refractivity contribution >= 4 is 16.6 Å². The standard InChI is InChI=1S/C21H23N3O3/c1-11(2)13-7-5-8-14(12(3)4)18(13)24-20(25)16-10-6-9-15(19(22)23-27)17(16)21(24)26/h5-12,22,25-26H,1-4H3. The minimum atomic E-state index is -0.491. The van der Waals surface area contributed by atoms with Crippen molar-refractivity contribution in [1.29, 1.82) is 5.41 Å². The summed E-state index contributed by atoms with van der Waals surface area (Å²) >= 11 is 0. The number of nitrogens with zero attached hydrogens (tertiary/aromatic N) is 2. The van der Waals surface area contributed by atoms with Crippen LogP contribution in [0.3, 0.4) is 0 Å². The highest BCUT2D eigenvalue weighted by Gasteiger charge is 2.25. The van der Waals surface area contributed by atoms with Gasteiger partial charge in [-0.25, -0.2) is 4.57 Å². The summed E-state index contributed by atoms with van der Waals surface area (Å²) in [4.78, 5) is 10.9. The SMILES string of the molecule is CC(C)c1cccc(C(C)C)c1-n1c(O)c2cccc(C(=N)N=O)c2c1O. The fraction of sp³-hybridized carbons (Fsp3) is 0.286. The van der Waals surface area contributed by atoms with Crippen LogP contribution in [0.5, 0.6) is 11.8 Å². The molecule has 3 aromatic rings. The molecule has 3 rings (SSSR count). The molecule has 0 amide bonds. The smallest absolute Gasteiger partial charge is 0.207 e. The summed E-state index contributed by atoms with van der Waals surface area (Å²) in [5, 5.41) is 33.0. The lowest BCUT2D eigenvalue weighted by Gasteiger charge is -2.21. The maximum absolute atomic E-state index is 11.0. The largest absolute Gasteiger partial charge is 0.494 e. The third-order valence-corrected chi connectivity index (χ3v) is 4.87. The van der Waals surface area contributed by atoms with Crippen LogP contribution in [0, 0.1) is 10.3 Å². The molecule has 1 heterocycles. The number of nitrogens with one attached hydrogen (secondary N) is 1. The summed E-state index contributed by atoms with van der Waals surface area (Å²) < 4.78 is 1.41. The van der Waals surface area contributed by atoms with Crippen molar-refractivity contribution in [2.75, 3.05) is 0 Å². The summed E-state index contributed by atoms with van der Waals surface area (Å²) in [6.45, 7) is 8.21. The van der Waals surface area contributed by atoms with Crippen molar-refractivity contribution in [2.24, 2.45) is 5.18 Å². The number of aromatic nitrogens is 1. The van der Waals surface area contributed by atoms with Gasteiger partial charge in [-0.3, -0.25) is 5.41 Å². The van der Waals surface area contributed by atoms with E-state index in [-0.39, 0.29) is 34.5 Å². The van der Waals surface area contributed by atoms with Crippen LogP contribution in [0.15, 0.2) is 41.6 Å². The first-order valence-electron chi connectivity index (χ1n) is 8.90. The van der Waals surface area contributed by atoms with Gasteiger partial charge in [-0.2, -0.15) is 0 Å². The Kier molecular flexibility index (Phi) is 4.74. The molecule has 2 aromatic carbocycles. The first kappa shape index (κ1) is 18.6. The van der Waals surface area contributed by atoms with Gasteiger partial charge in [-0.1, -0.05) is 58.0 Å². The highest BCUT2D eigenvalue weighted by molar-refractivity contribution is 6.12. The van der Waals surface area contributed by atoms with Gasteiger partial charge in [0, 0.05) is 10.9 Å². The predicted molar refractivity (Wildman–Crippen MR) is 107 cm³/mol. The molecule has 6 nitrogen and oxygen atoms in total. The Morgan fingerprint density at radius 1 is 0.963 bits per heavy atom. The Morgan fingerprint density at radius 2 is 1.52 bits per heavy atom. The molecule has 0 radical (unpaired) electrons. The molecule has 1 aromatic heterocycles.